The number of aromatic nitrogens is 2. The summed E-state index contributed by atoms with van der Waals surface area (Å²) < 4.78 is 1.42. The zero-order valence-corrected chi connectivity index (χ0v) is 14.6. The third-order valence-corrected chi connectivity index (χ3v) is 4.24. The SMILES string of the molecule is CCCc1ccc(NC(=O)CCn2c(=O)[nH]c(=O)c3ccccc32)cc1. The van der Waals surface area contributed by atoms with Crippen LogP contribution in [0.2, 0.25) is 0 Å². The van der Waals surface area contributed by atoms with Gasteiger partial charge in [-0.15, -0.1) is 0 Å². The summed E-state index contributed by atoms with van der Waals surface area (Å²) in [5.74, 6) is -0.185. The number of fused-ring (bicyclic) bond motifs is 1. The number of aryl methyl sites for hydroxylation is 2. The predicted octanol–water partition coefficient (Wildman–Crippen LogP) is 2.67. The van der Waals surface area contributed by atoms with Crippen molar-refractivity contribution >= 4 is 22.5 Å². The Morgan fingerprint density at radius 1 is 1.08 bits per heavy atom. The van der Waals surface area contributed by atoms with Gasteiger partial charge in [0.05, 0.1) is 10.9 Å². The number of para-hydroxylation sites is 1. The van der Waals surface area contributed by atoms with Gasteiger partial charge in [-0.3, -0.25) is 19.1 Å². The highest BCUT2D eigenvalue weighted by atomic mass is 16.2. The monoisotopic (exact) mass is 351 g/mol. The Morgan fingerprint density at radius 3 is 2.54 bits per heavy atom. The molecule has 1 aromatic heterocycles. The summed E-state index contributed by atoms with van der Waals surface area (Å²) in [5, 5.41) is 3.26. The number of nitrogens with one attached hydrogen (secondary N) is 2. The number of amides is 1. The highest BCUT2D eigenvalue weighted by Gasteiger charge is 2.09. The van der Waals surface area contributed by atoms with Gasteiger partial charge in [0.15, 0.2) is 0 Å². The van der Waals surface area contributed by atoms with Crippen LogP contribution < -0.4 is 16.6 Å². The summed E-state index contributed by atoms with van der Waals surface area (Å²) in [4.78, 5) is 38.5. The van der Waals surface area contributed by atoms with Gasteiger partial charge in [0.25, 0.3) is 5.56 Å². The van der Waals surface area contributed by atoms with Gasteiger partial charge in [-0.05, 0) is 36.2 Å². The summed E-state index contributed by atoms with van der Waals surface area (Å²) >= 11 is 0. The summed E-state index contributed by atoms with van der Waals surface area (Å²) in [5.41, 5.74) is 1.56. The maximum absolute atomic E-state index is 12.2. The minimum atomic E-state index is -0.509. The average Bonchev–Trinajstić information content (AvgIpc) is 2.63. The second-order valence-corrected chi connectivity index (χ2v) is 6.17. The predicted molar refractivity (Wildman–Crippen MR) is 103 cm³/mol. The Balaban J connectivity index is 1.71. The topological polar surface area (TPSA) is 84.0 Å². The molecule has 0 aliphatic carbocycles. The standard InChI is InChI=1S/C20H21N3O3/c1-2-5-14-8-10-15(11-9-14)21-18(24)12-13-23-17-7-4-3-6-16(17)19(25)22-20(23)26/h3-4,6-11H,2,5,12-13H2,1H3,(H,21,24)(H,22,25,26). The average molecular weight is 351 g/mol. The molecule has 0 atom stereocenters. The van der Waals surface area contributed by atoms with Gasteiger partial charge in [0.2, 0.25) is 5.91 Å². The number of nitrogens with zero attached hydrogens (tertiary/aromatic N) is 1. The minimum absolute atomic E-state index is 0.132. The van der Waals surface area contributed by atoms with E-state index in [0.717, 1.165) is 18.5 Å². The maximum Gasteiger partial charge on any atom is 0.328 e. The molecule has 0 saturated heterocycles. The highest BCUT2D eigenvalue weighted by Crippen LogP contribution is 2.12. The fraction of sp³-hybridized carbons (Fsp3) is 0.250. The van der Waals surface area contributed by atoms with Crippen molar-refractivity contribution in [3.05, 3.63) is 74.9 Å². The van der Waals surface area contributed by atoms with Crippen molar-refractivity contribution in [3.63, 3.8) is 0 Å². The van der Waals surface area contributed by atoms with E-state index in [1.165, 1.54) is 10.1 Å². The molecule has 1 amide bonds. The van der Waals surface area contributed by atoms with Crippen molar-refractivity contribution in [2.24, 2.45) is 0 Å². The number of hydrogen-bond donors (Lipinski definition) is 2. The normalized spacial score (nSPS) is 10.8. The lowest BCUT2D eigenvalue weighted by atomic mass is 10.1. The summed E-state index contributed by atoms with van der Waals surface area (Å²) in [6.07, 6.45) is 2.22. The molecular weight excluding hydrogens is 330 g/mol. The molecule has 0 radical (unpaired) electrons. The lowest BCUT2D eigenvalue weighted by Gasteiger charge is -2.10. The summed E-state index contributed by atoms with van der Waals surface area (Å²) in [6.45, 7) is 2.31. The Kier molecular flexibility index (Phi) is 5.31. The number of anilines is 1. The summed E-state index contributed by atoms with van der Waals surface area (Å²) in [6, 6.07) is 14.6. The molecule has 1 heterocycles. The number of rotatable bonds is 6. The lowest BCUT2D eigenvalue weighted by Crippen LogP contribution is -2.31. The van der Waals surface area contributed by atoms with Crippen LogP contribution in [0, 0.1) is 0 Å². The lowest BCUT2D eigenvalue weighted by molar-refractivity contribution is -0.116. The van der Waals surface area contributed by atoms with Crippen molar-refractivity contribution < 1.29 is 4.79 Å². The molecule has 0 bridgehead atoms. The summed E-state index contributed by atoms with van der Waals surface area (Å²) in [7, 11) is 0. The molecule has 0 aliphatic rings. The van der Waals surface area contributed by atoms with Crippen LogP contribution in [0.15, 0.2) is 58.1 Å². The van der Waals surface area contributed by atoms with E-state index in [9.17, 15) is 14.4 Å². The Morgan fingerprint density at radius 2 is 1.81 bits per heavy atom. The van der Waals surface area contributed by atoms with Crippen LogP contribution in [0.5, 0.6) is 0 Å². The van der Waals surface area contributed by atoms with E-state index < -0.39 is 11.2 Å². The third-order valence-electron chi connectivity index (χ3n) is 4.24. The molecule has 26 heavy (non-hydrogen) atoms. The van der Waals surface area contributed by atoms with Crippen molar-refractivity contribution in [1.29, 1.82) is 0 Å². The zero-order chi connectivity index (χ0) is 18.5. The largest absolute Gasteiger partial charge is 0.328 e. The fourth-order valence-corrected chi connectivity index (χ4v) is 2.94. The van der Waals surface area contributed by atoms with Crippen LogP contribution in [-0.4, -0.2) is 15.5 Å². The van der Waals surface area contributed by atoms with E-state index in [-0.39, 0.29) is 18.9 Å². The Bertz CT molecular complexity index is 1030. The smallest absolute Gasteiger partial charge is 0.326 e. The van der Waals surface area contributed by atoms with Crippen LogP contribution in [0.1, 0.15) is 25.3 Å². The number of aromatic amines is 1. The Hall–Kier alpha value is -3.15. The first kappa shape index (κ1) is 17.7. The molecule has 6 nitrogen and oxygen atoms in total. The van der Waals surface area contributed by atoms with E-state index >= 15 is 0 Å². The molecule has 0 aliphatic heterocycles. The molecule has 2 N–H and O–H groups in total. The molecule has 3 aromatic rings. The van der Waals surface area contributed by atoms with Crippen LogP contribution in [0.4, 0.5) is 5.69 Å². The molecular formula is C20H21N3O3. The van der Waals surface area contributed by atoms with Gasteiger partial charge in [0, 0.05) is 18.7 Å². The van der Waals surface area contributed by atoms with Gasteiger partial charge in [-0.2, -0.15) is 0 Å². The first-order valence-electron chi connectivity index (χ1n) is 8.69. The van der Waals surface area contributed by atoms with Gasteiger partial charge in [-0.1, -0.05) is 37.6 Å². The maximum atomic E-state index is 12.2. The number of H-pyrrole nitrogens is 1. The number of carbonyl (C=O) groups excluding carboxylic acids is 1. The van der Waals surface area contributed by atoms with Crippen molar-refractivity contribution in [2.45, 2.75) is 32.7 Å². The first-order valence-corrected chi connectivity index (χ1v) is 8.69. The van der Waals surface area contributed by atoms with Crippen molar-refractivity contribution in [2.75, 3.05) is 5.32 Å². The van der Waals surface area contributed by atoms with Crippen LogP contribution >= 0.6 is 0 Å². The van der Waals surface area contributed by atoms with E-state index in [4.69, 9.17) is 0 Å². The van der Waals surface area contributed by atoms with Gasteiger partial charge in [0.1, 0.15) is 0 Å². The number of benzene rings is 2. The van der Waals surface area contributed by atoms with E-state index in [1.54, 1.807) is 24.3 Å². The Labute approximate surface area is 150 Å². The fourth-order valence-electron chi connectivity index (χ4n) is 2.94. The molecule has 3 rings (SSSR count). The molecule has 0 saturated carbocycles. The van der Waals surface area contributed by atoms with E-state index in [2.05, 4.69) is 17.2 Å². The van der Waals surface area contributed by atoms with E-state index in [0.29, 0.717) is 10.9 Å². The van der Waals surface area contributed by atoms with Crippen LogP contribution in [0.3, 0.4) is 0 Å². The molecule has 2 aromatic carbocycles. The second kappa shape index (κ2) is 7.82. The van der Waals surface area contributed by atoms with Gasteiger partial charge < -0.3 is 5.32 Å². The van der Waals surface area contributed by atoms with Crippen molar-refractivity contribution in [3.8, 4) is 0 Å². The highest BCUT2D eigenvalue weighted by molar-refractivity contribution is 5.90. The van der Waals surface area contributed by atoms with Gasteiger partial charge in [-0.25, -0.2) is 4.79 Å². The zero-order valence-electron chi connectivity index (χ0n) is 14.6. The van der Waals surface area contributed by atoms with Crippen LogP contribution in [0.25, 0.3) is 10.9 Å². The molecule has 0 fully saturated rings. The van der Waals surface area contributed by atoms with Crippen molar-refractivity contribution in [1.82, 2.24) is 9.55 Å². The third kappa shape index (κ3) is 3.91. The first-order chi connectivity index (χ1) is 12.6. The number of carbonyl (C=O) groups is 1. The minimum Gasteiger partial charge on any atom is -0.326 e. The van der Waals surface area contributed by atoms with Gasteiger partial charge >= 0.3 is 5.69 Å². The molecule has 134 valence electrons. The second-order valence-electron chi connectivity index (χ2n) is 6.17. The van der Waals surface area contributed by atoms with Crippen LogP contribution in [-0.2, 0) is 17.8 Å². The molecule has 0 spiro atoms. The molecule has 0 unspecified atom stereocenters. The van der Waals surface area contributed by atoms with E-state index in [1.807, 2.05) is 24.3 Å². The quantitative estimate of drug-likeness (QED) is 0.716. The number of hydrogen-bond acceptors (Lipinski definition) is 3. The molecule has 6 heteroatoms.